The molecule has 2 aromatic rings. The zero-order chi connectivity index (χ0) is 13.7. The summed E-state index contributed by atoms with van der Waals surface area (Å²) in [7, 11) is 0. The van der Waals surface area contributed by atoms with Crippen LogP contribution in [0, 0.1) is 0 Å². The molecule has 0 aliphatic rings. The Bertz CT molecular complexity index is 522. The van der Waals surface area contributed by atoms with Crippen molar-refractivity contribution in [2.24, 2.45) is 0 Å². The lowest BCUT2D eigenvalue weighted by atomic mass is 10.2. The fourth-order valence-corrected chi connectivity index (χ4v) is 2.46. The van der Waals surface area contributed by atoms with Gasteiger partial charge in [0.15, 0.2) is 0 Å². The number of furan rings is 1. The predicted molar refractivity (Wildman–Crippen MR) is 73.2 cm³/mol. The molecule has 0 aliphatic heterocycles. The molecule has 0 unspecified atom stereocenters. The first-order chi connectivity index (χ1) is 9.20. The summed E-state index contributed by atoms with van der Waals surface area (Å²) in [4.78, 5) is 12.7. The van der Waals surface area contributed by atoms with E-state index in [9.17, 15) is 4.79 Å². The number of nitrogens with one attached hydrogen (secondary N) is 1. The predicted octanol–water partition coefficient (Wildman–Crippen LogP) is 2.44. The Morgan fingerprint density at radius 1 is 1.58 bits per heavy atom. The molecule has 19 heavy (non-hydrogen) atoms. The molecule has 0 fully saturated rings. The molecule has 2 aromatic heterocycles. The van der Waals surface area contributed by atoms with Crippen LogP contribution in [0.5, 0.6) is 0 Å². The number of rotatable bonds is 6. The molecular weight excluding hydrogens is 262 g/mol. The molecule has 102 valence electrons. The van der Waals surface area contributed by atoms with Gasteiger partial charge in [0.05, 0.1) is 12.0 Å². The van der Waals surface area contributed by atoms with Crippen LogP contribution in [0.3, 0.4) is 0 Å². The van der Waals surface area contributed by atoms with E-state index in [0.29, 0.717) is 11.3 Å². The number of carbonyl (C=O) groups is 1. The Balaban J connectivity index is 1.94. The van der Waals surface area contributed by atoms with Crippen molar-refractivity contribution in [2.75, 3.05) is 0 Å². The smallest absolute Gasteiger partial charge is 0.265 e. The third kappa shape index (κ3) is 3.64. The summed E-state index contributed by atoms with van der Waals surface area (Å²) in [6, 6.07) is 3.76. The largest absolute Gasteiger partial charge is 0.469 e. The quantitative estimate of drug-likeness (QED) is 0.882. The number of aryl methyl sites for hydroxylation is 1. The number of carbonyl (C=O) groups excluding carboxylic acids is 1. The summed E-state index contributed by atoms with van der Waals surface area (Å²) in [5.74, 6) is 0.765. The summed E-state index contributed by atoms with van der Waals surface area (Å²) in [5, 5.41) is 6.95. The molecular formula is C13H17N3O2S. The highest BCUT2D eigenvalue weighted by Gasteiger charge is 2.17. The molecule has 0 spiro atoms. The Kier molecular flexibility index (Phi) is 4.68. The van der Waals surface area contributed by atoms with Gasteiger partial charge >= 0.3 is 0 Å². The third-order valence-corrected chi connectivity index (χ3v) is 3.48. The number of amides is 1. The third-order valence-electron chi connectivity index (χ3n) is 2.71. The fraction of sp³-hybridized carbons (Fsp3) is 0.462. The molecule has 0 saturated heterocycles. The second kappa shape index (κ2) is 6.47. The van der Waals surface area contributed by atoms with E-state index in [1.54, 1.807) is 6.26 Å². The van der Waals surface area contributed by atoms with E-state index in [1.807, 2.05) is 19.1 Å². The summed E-state index contributed by atoms with van der Waals surface area (Å²) >= 11 is 1.15. The van der Waals surface area contributed by atoms with Crippen molar-refractivity contribution in [3.8, 4) is 0 Å². The highest BCUT2D eigenvalue weighted by molar-refractivity contribution is 7.08. The Morgan fingerprint density at radius 3 is 3.11 bits per heavy atom. The van der Waals surface area contributed by atoms with Crippen molar-refractivity contribution in [2.45, 2.75) is 39.2 Å². The van der Waals surface area contributed by atoms with Crippen LogP contribution in [-0.4, -0.2) is 21.5 Å². The zero-order valence-electron chi connectivity index (χ0n) is 11.0. The second-order valence-electron chi connectivity index (χ2n) is 4.46. The van der Waals surface area contributed by atoms with Crippen LogP contribution in [-0.2, 0) is 12.8 Å². The lowest BCUT2D eigenvalue weighted by Gasteiger charge is -2.11. The van der Waals surface area contributed by atoms with E-state index in [0.717, 1.165) is 35.8 Å². The Labute approximate surface area is 116 Å². The molecule has 1 amide bonds. The normalized spacial score (nSPS) is 12.3. The number of nitrogens with zero attached hydrogens (tertiary/aromatic N) is 2. The van der Waals surface area contributed by atoms with Crippen LogP contribution in [0.15, 0.2) is 22.8 Å². The SMILES string of the molecule is CCCc1nnsc1C(=O)N[C@H](C)Cc1ccco1. The monoisotopic (exact) mass is 279 g/mol. The van der Waals surface area contributed by atoms with Gasteiger partial charge < -0.3 is 9.73 Å². The zero-order valence-corrected chi connectivity index (χ0v) is 11.9. The van der Waals surface area contributed by atoms with Crippen molar-refractivity contribution in [3.63, 3.8) is 0 Å². The highest BCUT2D eigenvalue weighted by Crippen LogP contribution is 2.13. The minimum absolute atomic E-state index is 0.00947. The van der Waals surface area contributed by atoms with Crippen LogP contribution in [0.2, 0.25) is 0 Å². The van der Waals surface area contributed by atoms with Crippen LogP contribution in [0.1, 0.15) is 41.4 Å². The van der Waals surface area contributed by atoms with Gasteiger partial charge in [-0.15, -0.1) is 5.10 Å². The summed E-state index contributed by atoms with van der Waals surface area (Å²) < 4.78 is 9.12. The molecule has 0 aromatic carbocycles. The highest BCUT2D eigenvalue weighted by atomic mass is 32.1. The molecule has 1 atom stereocenters. The first-order valence-corrected chi connectivity index (χ1v) is 7.12. The molecule has 0 bridgehead atoms. The Hall–Kier alpha value is -1.69. The molecule has 2 heterocycles. The van der Waals surface area contributed by atoms with Crippen molar-refractivity contribution >= 4 is 17.4 Å². The number of hydrogen-bond acceptors (Lipinski definition) is 5. The van der Waals surface area contributed by atoms with E-state index < -0.39 is 0 Å². The average Bonchev–Trinajstić information content (AvgIpc) is 3.00. The first kappa shape index (κ1) is 13.7. The van der Waals surface area contributed by atoms with Gasteiger partial charge in [-0.1, -0.05) is 17.8 Å². The standard InChI is InChI=1S/C13H17N3O2S/c1-3-5-11-12(19-16-15-11)13(17)14-9(2)8-10-6-4-7-18-10/h4,6-7,9H,3,5,8H2,1-2H3,(H,14,17)/t9-/m1/s1. The van der Waals surface area contributed by atoms with Gasteiger partial charge in [0.25, 0.3) is 5.91 Å². The van der Waals surface area contributed by atoms with E-state index >= 15 is 0 Å². The van der Waals surface area contributed by atoms with Gasteiger partial charge in [-0.25, -0.2) is 0 Å². The maximum Gasteiger partial charge on any atom is 0.265 e. The summed E-state index contributed by atoms with van der Waals surface area (Å²) in [5.41, 5.74) is 0.787. The van der Waals surface area contributed by atoms with Gasteiger partial charge in [0, 0.05) is 12.5 Å². The van der Waals surface area contributed by atoms with E-state index in [-0.39, 0.29) is 11.9 Å². The maximum absolute atomic E-state index is 12.1. The van der Waals surface area contributed by atoms with Crippen molar-refractivity contribution in [3.05, 3.63) is 34.7 Å². The Morgan fingerprint density at radius 2 is 2.42 bits per heavy atom. The fourth-order valence-electron chi connectivity index (χ4n) is 1.85. The van der Waals surface area contributed by atoms with Gasteiger partial charge in [0.2, 0.25) is 0 Å². The maximum atomic E-state index is 12.1. The van der Waals surface area contributed by atoms with Crippen LogP contribution in [0.25, 0.3) is 0 Å². The average molecular weight is 279 g/mol. The van der Waals surface area contributed by atoms with Gasteiger partial charge in [-0.05, 0) is 37.0 Å². The molecule has 6 heteroatoms. The van der Waals surface area contributed by atoms with Crippen LogP contribution < -0.4 is 5.32 Å². The van der Waals surface area contributed by atoms with E-state index in [1.165, 1.54) is 0 Å². The lowest BCUT2D eigenvalue weighted by molar-refractivity contribution is 0.0942. The number of hydrogen-bond donors (Lipinski definition) is 1. The minimum Gasteiger partial charge on any atom is -0.469 e. The van der Waals surface area contributed by atoms with Gasteiger partial charge in [-0.3, -0.25) is 4.79 Å². The first-order valence-electron chi connectivity index (χ1n) is 6.35. The lowest BCUT2D eigenvalue weighted by Crippen LogP contribution is -2.34. The minimum atomic E-state index is -0.0995. The van der Waals surface area contributed by atoms with Crippen molar-refractivity contribution < 1.29 is 9.21 Å². The molecule has 5 nitrogen and oxygen atoms in total. The number of aromatic nitrogens is 2. The van der Waals surface area contributed by atoms with Gasteiger partial charge in [-0.2, -0.15) is 0 Å². The summed E-state index contributed by atoms with van der Waals surface area (Å²) in [6.07, 6.45) is 4.05. The van der Waals surface area contributed by atoms with Crippen LogP contribution in [0.4, 0.5) is 0 Å². The van der Waals surface area contributed by atoms with E-state index in [4.69, 9.17) is 4.42 Å². The van der Waals surface area contributed by atoms with Crippen molar-refractivity contribution in [1.82, 2.24) is 14.9 Å². The van der Waals surface area contributed by atoms with Gasteiger partial charge in [0.1, 0.15) is 10.6 Å². The molecule has 0 radical (unpaired) electrons. The van der Waals surface area contributed by atoms with Crippen molar-refractivity contribution in [1.29, 1.82) is 0 Å². The van der Waals surface area contributed by atoms with Crippen LogP contribution >= 0.6 is 11.5 Å². The topological polar surface area (TPSA) is 68.0 Å². The molecule has 1 N–H and O–H groups in total. The molecule has 0 aliphatic carbocycles. The molecule has 2 rings (SSSR count). The van der Waals surface area contributed by atoms with E-state index in [2.05, 4.69) is 21.8 Å². The summed E-state index contributed by atoms with van der Waals surface area (Å²) in [6.45, 7) is 4.01. The molecule has 0 saturated carbocycles. The second-order valence-corrected chi connectivity index (χ2v) is 5.21.